The molecule has 0 radical (unpaired) electrons. The van der Waals surface area contributed by atoms with Crippen molar-refractivity contribution < 1.29 is 4.74 Å². The molecule has 1 aromatic carbocycles. The summed E-state index contributed by atoms with van der Waals surface area (Å²) in [5.74, 6) is 0.850. The zero-order valence-corrected chi connectivity index (χ0v) is 11.1. The predicted octanol–water partition coefficient (Wildman–Crippen LogP) is 3.22. The zero-order valence-electron chi connectivity index (χ0n) is 11.1. The molecule has 0 unspecified atom stereocenters. The fourth-order valence-corrected chi connectivity index (χ4v) is 2.41. The quantitative estimate of drug-likeness (QED) is 0.816. The standard InChI is InChI=1S/C15H20N2O/c1-17(2)13-6-5-7-14(10-13)18-12-15(11-16)8-3-4-9-15/h5-7,10H,3-4,8-9,12H2,1-2H3. The predicted molar refractivity (Wildman–Crippen MR) is 72.8 cm³/mol. The van der Waals surface area contributed by atoms with E-state index in [0.29, 0.717) is 6.61 Å². The molecule has 96 valence electrons. The highest BCUT2D eigenvalue weighted by Gasteiger charge is 2.34. The highest BCUT2D eigenvalue weighted by atomic mass is 16.5. The zero-order chi connectivity index (χ0) is 13.0. The van der Waals surface area contributed by atoms with Gasteiger partial charge in [-0.15, -0.1) is 0 Å². The Balaban J connectivity index is 2.02. The van der Waals surface area contributed by atoms with Crippen LogP contribution in [0.4, 0.5) is 5.69 Å². The molecule has 0 aliphatic heterocycles. The van der Waals surface area contributed by atoms with Crippen molar-refractivity contribution >= 4 is 5.69 Å². The third-order valence-corrected chi connectivity index (χ3v) is 3.65. The fraction of sp³-hybridized carbons (Fsp3) is 0.533. The maximum absolute atomic E-state index is 9.30. The van der Waals surface area contributed by atoms with Crippen molar-refractivity contribution in [2.45, 2.75) is 25.7 Å². The van der Waals surface area contributed by atoms with Gasteiger partial charge in [0.05, 0.1) is 11.5 Å². The smallest absolute Gasteiger partial charge is 0.121 e. The normalized spacial score (nSPS) is 17.2. The number of nitriles is 1. The topological polar surface area (TPSA) is 36.3 Å². The maximum atomic E-state index is 9.30. The number of rotatable bonds is 4. The van der Waals surface area contributed by atoms with E-state index in [1.165, 1.54) is 0 Å². The van der Waals surface area contributed by atoms with Gasteiger partial charge in [-0.1, -0.05) is 18.9 Å². The summed E-state index contributed by atoms with van der Waals surface area (Å²) in [5.41, 5.74) is 0.860. The molecule has 0 bridgehead atoms. The highest BCUT2D eigenvalue weighted by molar-refractivity contribution is 5.49. The molecule has 1 saturated carbocycles. The Hall–Kier alpha value is -1.69. The van der Waals surface area contributed by atoms with Crippen molar-refractivity contribution in [1.82, 2.24) is 0 Å². The molecule has 0 N–H and O–H groups in total. The third-order valence-electron chi connectivity index (χ3n) is 3.65. The van der Waals surface area contributed by atoms with Gasteiger partial charge in [-0.3, -0.25) is 0 Å². The molecule has 1 aliphatic rings. The van der Waals surface area contributed by atoms with Crippen LogP contribution in [0.1, 0.15) is 25.7 Å². The van der Waals surface area contributed by atoms with Gasteiger partial charge < -0.3 is 9.64 Å². The average molecular weight is 244 g/mol. The number of ether oxygens (including phenoxy) is 1. The Morgan fingerprint density at radius 2 is 2.06 bits per heavy atom. The van der Waals surface area contributed by atoms with Gasteiger partial charge in [-0.05, 0) is 25.0 Å². The van der Waals surface area contributed by atoms with Gasteiger partial charge in [0.2, 0.25) is 0 Å². The van der Waals surface area contributed by atoms with Gasteiger partial charge >= 0.3 is 0 Å². The summed E-state index contributed by atoms with van der Waals surface area (Å²) >= 11 is 0. The molecule has 2 rings (SSSR count). The SMILES string of the molecule is CN(C)c1cccc(OCC2(C#N)CCCC2)c1. The van der Waals surface area contributed by atoms with Gasteiger partial charge in [0.1, 0.15) is 12.4 Å². The van der Waals surface area contributed by atoms with Gasteiger partial charge in [-0.2, -0.15) is 5.26 Å². The molecule has 0 heterocycles. The van der Waals surface area contributed by atoms with Crippen LogP contribution >= 0.6 is 0 Å². The van der Waals surface area contributed by atoms with E-state index in [2.05, 4.69) is 6.07 Å². The van der Waals surface area contributed by atoms with Crippen LogP contribution in [0.5, 0.6) is 5.75 Å². The first kappa shape index (κ1) is 12.8. The largest absolute Gasteiger partial charge is 0.492 e. The minimum atomic E-state index is -0.256. The van der Waals surface area contributed by atoms with E-state index in [0.717, 1.165) is 37.1 Å². The Kier molecular flexibility index (Phi) is 3.76. The second-order valence-corrected chi connectivity index (χ2v) is 5.28. The van der Waals surface area contributed by atoms with Crippen molar-refractivity contribution in [2.24, 2.45) is 5.41 Å². The van der Waals surface area contributed by atoms with E-state index in [1.807, 2.05) is 43.3 Å². The molecule has 0 amide bonds. The number of nitrogens with zero attached hydrogens (tertiary/aromatic N) is 2. The molecular formula is C15H20N2O. The average Bonchev–Trinajstić information content (AvgIpc) is 2.86. The summed E-state index contributed by atoms with van der Waals surface area (Å²) in [6.45, 7) is 0.514. The summed E-state index contributed by atoms with van der Waals surface area (Å²) in [7, 11) is 4.01. The minimum absolute atomic E-state index is 0.256. The van der Waals surface area contributed by atoms with Crippen LogP contribution in [0, 0.1) is 16.7 Å². The molecule has 0 spiro atoms. The monoisotopic (exact) mass is 244 g/mol. The summed E-state index contributed by atoms with van der Waals surface area (Å²) in [5, 5.41) is 9.30. The first-order valence-electron chi connectivity index (χ1n) is 6.47. The van der Waals surface area contributed by atoms with Crippen LogP contribution in [-0.4, -0.2) is 20.7 Å². The maximum Gasteiger partial charge on any atom is 0.121 e. The van der Waals surface area contributed by atoms with E-state index in [1.54, 1.807) is 0 Å². The summed E-state index contributed by atoms with van der Waals surface area (Å²) in [6, 6.07) is 10.4. The lowest BCUT2D eigenvalue weighted by Gasteiger charge is -2.21. The van der Waals surface area contributed by atoms with E-state index < -0.39 is 0 Å². The Bertz CT molecular complexity index is 442. The van der Waals surface area contributed by atoms with Crippen LogP contribution in [0.3, 0.4) is 0 Å². The lowest BCUT2D eigenvalue weighted by atomic mass is 9.89. The molecule has 1 aromatic rings. The van der Waals surface area contributed by atoms with E-state index in [4.69, 9.17) is 4.74 Å². The number of benzene rings is 1. The summed E-state index contributed by atoms with van der Waals surface area (Å²) in [6.07, 6.45) is 4.23. The van der Waals surface area contributed by atoms with E-state index in [9.17, 15) is 5.26 Å². The van der Waals surface area contributed by atoms with Gasteiger partial charge in [0.15, 0.2) is 0 Å². The lowest BCUT2D eigenvalue weighted by Crippen LogP contribution is -2.23. The van der Waals surface area contributed by atoms with Crippen molar-refractivity contribution in [3.05, 3.63) is 24.3 Å². The first-order valence-corrected chi connectivity index (χ1v) is 6.47. The second kappa shape index (κ2) is 5.30. The number of anilines is 1. The molecule has 1 aliphatic carbocycles. The van der Waals surface area contributed by atoms with Crippen molar-refractivity contribution in [1.29, 1.82) is 5.26 Å². The molecule has 0 aromatic heterocycles. The van der Waals surface area contributed by atoms with Gasteiger partial charge in [-0.25, -0.2) is 0 Å². The number of hydrogen-bond donors (Lipinski definition) is 0. The molecule has 3 nitrogen and oxygen atoms in total. The summed E-state index contributed by atoms with van der Waals surface area (Å²) in [4.78, 5) is 2.04. The fourth-order valence-electron chi connectivity index (χ4n) is 2.41. The molecule has 18 heavy (non-hydrogen) atoms. The number of hydrogen-bond acceptors (Lipinski definition) is 3. The summed E-state index contributed by atoms with van der Waals surface area (Å²) < 4.78 is 5.83. The molecule has 1 fully saturated rings. The lowest BCUT2D eigenvalue weighted by molar-refractivity contribution is 0.201. The Labute approximate surface area is 109 Å². The second-order valence-electron chi connectivity index (χ2n) is 5.28. The molecule has 0 atom stereocenters. The molecule has 0 saturated heterocycles. The van der Waals surface area contributed by atoms with E-state index in [-0.39, 0.29) is 5.41 Å². The highest BCUT2D eigenvalue weighted by Crippen LogP contribution is 2.38. The molecule has 3 heteroatoms. The minimum Gasteiger partial charge on any atom is -0.492 e. The van der Waals surface area contributed by atoms with Gasteiger partial charge in [0, 0.05) is 25.8 Å². The van der Waals surface area contributed by atoms with Crippen LogP contribution < -0.4 is 9.64 Å². The van der Waals surface area contributed by atoms with Crippen LogP contribution in [-0.2, 0) is 0 Å². The van der Waals surface area contributed by atoms with Crippen molar-refractivity contribution in [3.63, 3.8) is 0 Å². The van der Waals surface area contributed by atoms with Gasteiger partial charge in [0.25, 0.3) is 0 Å². The van der Waals surface area contributed by atoms with E-state index >= 15 is 0 Å². The van der Waals surface area contributed by atoms with Crippen LogP contribution in [0.2, 0.25) is 0 Å². The first-order chi connectivity index (χ1) is 8.65. The third kappa shape index (κ3) is 2.76. The Morgan fingerprint density at radius 1 is 1.33 bits per heavy atom. The van der Waals surface area contributed by atoms with Crippen molar-refractivity contribution in [3.8, 4) is 11.8 Å². The van der Waals surface area contributed by atoms with Crippen molar-refractivity contribution in [2.75, 3.05) is 25.6 Å². The van der Waals surface area contributed by atoms with Crippen LogP contribution in [0.25, 0.3) is 0 Å². The van der Waals surface area contributed by atoms with Crippen LogP contribution in [0.15, 0.2) is 24.3 Å². The molecular weight excluding hydrogens is 224 g/mol. The Morgan fingerprint density at radius 3 is 2.67 bits per heavy atom.